The van der Waals surface area contributed by atoms with Crippen LogP contribution in [0.1, 0.15) is 13.8 Å². The first kappa shape index (κ1) is 19.4. The van der Waals surface area contributed by atoms with Gasteiger partial charge in [0.2, 0.25) is 0 Å². The summed E-state index contributed by atoms with van der Waals surface area (Å²) in [5, 5.41) is 0. The molecular weight excluding hydrogens is 364 g/mol. The van der Waals surface area contributed by atoms with E-state index in [-0.39, 0.29) is 4.90 Å². The maximum absolute atomic E-state index is 12.5. The zero-order chi connectivity index (χ0) is 19.3. The van der Waals surface area contributed by atoms with Crippen LogP contribution in [0.25, 0.3) is 0 Å². The highest BCUT2D eigenvalue weighted by molar-refractivity contribution is 7.92. The van der Waals surface area contributed by atoms with Gasteiger partial charge in [-0.3, -0.25) is 4.72 Å². The summed E-state index contributed by atoms with van der Waals surface area (Å²) in [6.45, 7) is 9.62. The molecule has 0 unspecified atom stereocenters. The highest BCUT2D eigenvalue weighted by atomic mass is 32.2. The second kappa shape index (κ2) is 8.58. The number of likely N-dealkylation sites (N-methyl/N-ethyl adjacent to an activating group) is 1. The van der Waals surface area contributed by atoms with Gasteiger partial charge >= 0.3 is 0 Å². The van der Waals surface area contributed by atoms with Crippen LogP contribution in [0.3, 0.4) is 0 Å². The maximum Gasteiger partial charge on any atom is 0.263 e. The number of rotatable bonds is 7. The van der Waals surface area contributed by atoms with Gasteiger partial charge in [0.1, 0.15) is 11.6 Å². The van der Waals surface area contributed by atoms with E-state index in [2.05, 4.69) is 26.4 Å². The number of benzene rings is 1. The lowest BCUT2D eigenvalue weighted by Crippen LogP contribution is -2.46. The first-order chi connectivity index (χ1) is 13.0. The van der Waals surface area contributed by atoms with Crippen molar-refractivity contribution in [3.8, 4) is 5.75 Å². The Bertz CT molecular complexity index is 830. The standard InChI is InChI=1S/C19H26N4O3S/c1-3-22-11-13-23(14-12-22)16-5-10-19(20-15-16)21-27(24,25)18-8-6-17(7-9-18)26-4-2/h5-10,15H,3-4,11-14H2,1-2H3,(H,20,21). The molecule has 1 aliphatic rings. The highest BCUT2D eigenvalue weighted by Gasteiger charge is 2.18. The summed E-state index contributed by atoms with van der Waals surface area (Å²) >= 11 is 0. The third-order valence-corrected chi connectivity index (χ3v) is 5.99. The molecule has 1 N–H and O–H groups in total. The summed E-state index contributed by atoms with van der Waals surface area (Å²) in [5.74, 6) is 0.946. The minimum absolute atomic E-state index is 0.174. The van der Waals surface area contributed by atoms with E-state index in [0.29, 0.717) is 18.2 Å². The zero-order valence-corrected chi connectivity index (χ0v) is 16.6. The summed E-state index contributed by atoms with van der Waals surface area (Å²) in [7, 11) is -3.68. The van der Waals surface area contributed by atoms with Crippen LogP contribution in [-0.4, -0.2) is 57.6 Å². The van der Waals surface area contributed by atoms with E-state index in [1.807, 2.05) is 13.0 Å². The molecule has 0 spiro atoms. The topological polar surface area (TPSA) is 74.8 Å². The van der Waals surface area contributed by atoms with Gasteiger partial charge in [-0.2, -0.15) is 0 Å². The Hall–Kier alpha value is -2.32. The van der Waals surface area contributed by atoms with Crippen LogP contribution in [-0.2, 0) is 10.0 Å². The van der Waals surface area contributed by atoms with Crippen LogP contribution in [0.2, 0.25) is 0 Å². The van der Waals surface area contributed by atoms with E-state index in [4.69, 9.17) is 4.74 Å². The van der Waals surface area contributed by atoms with E-state index in [9.17, 15) is 8.42 Å². The normalized spacial score (nSPS) is 15.6. The molecule has 0 atom stereocenters. The fourth-order valence-corrected chi connectivity index (χ4v) is 4.04. The Morgan fingerprint density at radius 2 is 1.74 bits per heavy atom. The quantitative estimate of drug-likeness (QED) is 0.783. The van der Waals surface area contributed by atoms with Gasteiger partial charge in [0.05, 0.1) is 23.4 Å². The van der Waals surface area contributed by atoms with Gasteiger partial charge in [0.15, 0.2) is 0 Å². The second-order valence-electron chi connectivity index (χ2n) is 6.33. The lowest BCUT2D eigenvalue weighted by molar-refractivity contribution is 0.271. The lowest BCUT2D eigenvalue weighted by Gasteiger charge is -2.35. The largest absolute Gasteiger partial charge is 0.494 e. The van der Waals surface area contributed by atoms with E-state index >= 15 is 0 Å². The Morgan fingerprint density at radius 1 is 1.04 bits per heavy atom. The van der Waals surface area contributed by atoms with E-state index in [1.165, 1.54) is 12.1 Å². The first-order valence-electron chi connectivity index (χ1n) is 9.21. The molecular formula is C19H26N4O3S. The van der Waals surface area contributed by atoms with Crippen molar-refractivity contribution >= 4 is 21.5 Å². The summed E-state index contributed by atoms with van der Waals surface area (Å²) in [6.07, 6.45) is 1.72. The first-order valence-corrected chi connectivity index (χ1v) is 10.7. The zero-order valence-electron chi connectivity index (χ0n) is 15.8. The number of hydrogen-bond donors (Lipinski definition) is 1. The summed E-state index contributed by atoms with van der Waals surface area (Å²) in [6, 6.07) is 9.94. The molecule has 146 valence electrons. The molecule has 1 aliphatic heterocycles. The molecule has 0 aliphatic carbocycles. The predicted molar refractivity (Wildman–Crippen MR) is 107 cm³/mol. The molecule has 0 bridgehead atoms. The molecule has 27 heavy (non-hydrogen) atoms. The van der Waals surface area contributed by atoms with Crippen LogP contribution in [0, 0.1) is 0 Å². The number of piperazine rings is 1. The minimum Gasteiger partial charge on any atom is -0.494 e. The number of aromatic nitrogens is 1. The molecule has 2 aromatic rings. The van der Waals surface area contributed by atoms with Crippen molar-refractivity contribution in [1.29, 1.82) is 0 Å². The maximum atomic E-state index is 12.5. The highest BCUT2D eigenvalue weighted by Crippen LogP contribution is 2.21. The Morgan fingerprint density at radius 3 is 2.30 bits per heavy atom. The van der Waals surface area contributed by atoms with Crippen molar-refractivity contribution in [3.05, 3.63) is 42.6 Å². The van der Waals surface area contributed by atoms with Gasteiger partial charge in [-0.05, 0) is 49.9 Å². The lowest BCUT2D eigenvalue weighted by atomic mass is 10.3. The van der Waals surface area contributed by atoms with Crippen molar-refractivity contribution in [3.63, 3.8) is 0 Å². The third kappa shape index (κ3) is 4.90. The van der Waals surface area contributed by atoms with E-state index in [1.54, 1.807) is 24.4 Å². The molecule has 1 aromatic heterocycles. The average molecular weight is 391 g/mol. The number of pyridine rings is 1. The molecule has 1 aromatic carbocycles. The van der Waals surface area contributed by atoms with Gasteiger partial charge in [-0.1, -0.05) is 6.92 Å². The molecule has 8 heteroatoms. The molecule has 0 saturated carbocycles. The van der Waals surface area contributed by atoms with Gasteiger partial charge in [-0.25, -0.2) is 13.4 Å². The van der Waals surface area contributed by atoms with Gasteiger partial charge in [0.25, 0.3) is 10.0 Å². The molecule has 1 fully saturated rings. The van der Waals surface area contributed by atoms with Gasteiger partial charge < -0.3 is 14.5 Å². The monoisotopic (exact) mass is 390 g/mol. The Balaban J connectivity index is 1.65. The molecule has 7 nitrogen and oxygen atoms in total. The SMILES string of the molecule is CCOc1ccc(S(=O)(=O)Nc2ccc(N3CCN(CC)CC3)cn2)cc1. The number of nitrogens with one attached hydrogen (secondary N) is 1. The van der Waals surface area contributed by atoms with Crippen LogP contribution >= 0.6 is 0 Å². The number of anilines is 2. The molecule has 0 amide bonds. The molecule has 1 saturated heterocycles. The fraction of sp³-hybridized carbons (Fsp3) is 0.421. The van der Waals surface area contributed by atoms with Crippen LogP contribution < -0.4 is 14.4 Å². The summed E-state index contributed by atoms with van der Waals surface area (Å²) < 4.78 is 32.9. The predicted octanol–water partition coefficient (Wildman–Crippen LogP) is 2.42. The van der Waals surface area contributed by atoms with Crippen molar-refractivity contribution in [1.82, 2.24) is 9.88 Å². The summed E-state index contributed by atoms with van der Waals surface area (Å²) in [5.41, 5.74) is 1.01. The molecule has 2 heterocycles. The Kier molecular flexibility index (Phi) is 6.18. The average Bonchev–Trinajstić information content (AvgIpc) is 2.69. The Labute approximate surface area is 161 Å². The number of nitrogens with zero attached hydrogens (tertiary/aromatic N) is 3. The summed E-state index contributed by atoms with van der Waals surface area (Å²) in [4.78, 5) is 9.13. The van der Waals surface area contributed by atoms with Crippen LogP contribution in [0.4, 0.5) is 11.5 Å². The van der Waals surface area contributed by atoms with Crippen molar-refractivity contribution in [2.75, 3.05) is 49.0 Å². The number of ether oxygens (including phenoxy) is 1. The fourth-order valence-electron chi connectivity index (χ4n) is 3.03. The molecule has 0 radical (unpaired) electrons. The van der Waals surface area contributed by atoms with E-state index in [0.717, 1.165) is 38.4 Å². The smallest absolute Gasteiger partial charge is 0.263 e. The second-order valence-corrected chi connectivity index (χ2v) is 8.02. The number of sulfonamides is 1. The minimum atomic E-state index is -3.68. The third-order valence-electron chi connectivity index (χ3n) is 4.62. The van der Waals surface area contributed by atoms with Crippen molar-refractivity contribution < 1.29 is 13.2 Å². The van der Waals surface area contributed by atoms with Crippen LogP contribution in [0.5, 0.6) is 5.75 Å². The van der Waals surface area contributed by atoms with Gasteiger partial charge in [0, 0.05) is 26.2 Å². The van der Waals surface area contributed by atoms with Crippen molar-refractivity contribution in [2.45, 2.75) is 18.7 Å². The van der Waals surface area contributed by atoms with Gasteiger partial charge in [-0.15, -0.1) is 0 Å². The number of hydrogen-bond acceptors (Lipinski definition) is 6. The van der Waals surface area contributed by atoms with Crippen molar-refractivity contribution in [2.24, 2.45) is 0 Å². The van der Waals surface area contributed by atoms with E-state index < -0.39 is 10.0 Å². The van der Waals surface area contributed by atoms with Crippen LogP contribution in [0.15, 0.2) is 47.5 Å². The molecule has 3 rings (SSSR count).